The van der Waals surface area contributed by atoms with E-state index in [1.165, 1.54) is 0 Å². The van der Waals surface area contributed by atoms with Crippen molar-refractivity contribution in [3.8, 4) is 0 Å². The largest absolute Gasteiger partial charge is 0.481 e. The first kappa shape index (κ1) is 12.7. The van der Waals surface area contributed by atoms with Gasteiger partial charge >= 0.3 is 5.97 Å². The molecule has 0 radical (unpaired) electrons. The summed E-state index contributed by atoms with van der Waals surface area (Å²) in [6.45, 7) is 3.71. The number of aliphatic hydroxyl groups excluding tert-OH is 1. The van der Waals surface area contributed by atoms with E-state index < -0.39 is 17.5 Å². The van der Waals surface area contributed by atoms with E-state index in [1.54, 1.807) is 0 Å². The van der Waals surface area contributed by atoms with Crippen LogP contribution in [0.25, 0.3) is 0 Å². The minimum absolute atomic E-state index is 0.0664. The van der Waals surface area contributed by atoms with Crippen LogP contribution in [0.5, 0.6) is 0 Å². The normalized spacial score (nSPS) is 13.4. The number of hydrogen-bond donors (Lipinski definition) is 2. The highest BCUT2D eigenvalue weighted by Gasteiger charge is 2.25. The van der Waals surface area contributed by atoms with Crippen LogP contribution in [0.2, 0.25) is 0 Å². The minimum Gasteiger partial charge on any atom is -0.481 e. The highest BCUT2D eigenvalue weighted by atomic mass is 16.4. The number of aliphatic carboxylic acids is 1. The number of benzene rings is 1. The molecule has 1 aromatic rings. The summed E-state index contributed by atoms with van der Waals surface area (Å²) < 4.78 is 0. The van der Waals surface area contributed by atoms with Crippen LogP contribution in [-0.2, 0) is 4.79 Å². The Morgan fingerprint density at radius 2 is 1.88 bits per heavy atom. The lowest BCUT2D eigenvalue weighted by molar-refractivity contribution is -0.139. The third kappa shape index (κ3) is 4.03. The SMILES string of the molecule is CC(C)(CC(=O)O)CC(O)c1ccccc1. The zero-order valence-electron chi connectivity index (χ0n) is 9.68. The van der Waals surface area contributed by atoms with Gasteiger partial charge in [0.05, 0.1) is 12.5 Å². The van der Waals surface area contributed by atoms with Gasteiger partial charge < -0.3 is 10.2 Å². The van der Waals surface area contributed by atoms with Crippen LogP contribution in [0, 0.1) is 5.41 Å². The Morgan fingerprint density at radius 1 is 1.31 bits per heavy atom. The minimum atomic E-state index is -0.828. The first-order valence-electron chi connectivity index (χ1n) is 5.35. The molecular formula is C13H18O3. The average molecular weight is 222 g/mol. The fraction of sp³-hybridized carbons (Fsp3) is 0.462. The molecule has 0 fully saturated rings. The smallest absolute Gasteiger partial charge is 0.303 e. The van der Waals surface area contributed by atoms with Crippen molar-refractivity contribution < 1.29 is 15.0 Å². The lowest BCUT2D eigenvalue weighted by atomic mass is 9.82. The fourth-order valence-corrected chi connectivity index (χ4v) is 1.80. The zero-order chi connectivity index (χ0) is 12.2. The Morgan fingerprint density at radius 3 is 2.38 bits per heavy atom. The molecule has 1 rings (SSSR count). The van der Waals surface area contributed by atoms with Crippen molar-refractivity contribution in [1.82, 2.24) is 0 Å². The van der Waals surface area contributed by atoms with Crippen molar-refractivity contribution in [3.05, 3.63) is 35.9 Å². The standard InChI is InChI=1S/C13H18O3/c1-13(2,9-12(15)16)8-11(14)10-6-4-3-5-7-10/h3-7,11,14H,8-9H2,1-2H3,(H,15,16). The van der Waals surface area contributed by atoms with Crippen LogP contribution in [0.4, 0.5) is 0 Å². The molecule has 3 heteroatoms. The van der Waals surface area contributed by atoms with E-state index in [9.17, 15) is 9.90 Å². The van der Waals surface area contributed by atoms with Crippen molar-refractivity contribution >= 4 is 5.97 Å². The third-order valence-electron chi connectivity index (χ3n) is 2.56. The van der Waals surface area contributed by atoms with Gasteiger partial charge in [0.15, 0.2) is 0 Å². The van der Waals surface area contributed by atoms with E-state index in [1.807, 2.05) is 44.2 Å². The highest BCUT2D eigenvalue weighted by Crippen LogP contribution is 2.32. The van der Waals surface area contributed by atoms with Gasteiger partial charge in [-0.25, -0.2) is 0 Å². The molecule has 2 N–H and O–H groups in total. The summed E-state index contributed by atoms with van der Waals surface area (Å²) in [6, 6.07) is 9.31. The first-order chi connectivity index (χ1) is 7.41. The fourth-order valence-electron chi connectivity index (χ4n) is 1.80. The number of carbonyl (C=O) groups is 1. The van der Waals surface area contributed by atoms with Crippen LogP contribution in [-0.4, -0.2) is 16.2 Å². The summed E-state index contributed by atoms with van der Waals surface area (Å²) in [4.78, 5) is 10.7. The maximum atomic E-state index is 10.7. The summed E-state index contributed by atoms with van der Waals surface area (Å²) in [5, 5.41) is 18.7. The van der Waals surface area contributed by atoms with Crippen LogP contribution in [0.3, 0.4) is 0 Å². The Hall–Kier alpha value is -1.35. The summed E-state index contributed by atoms with van der Waals surface area (Å²) in [6.07, 6.45) is -0.0872. The van der Waals surface area contributed by atoms with E-state index in [4.69, 9.17) is 5.11 Å². The second kappa shape index (κ2) is 5.12. The second-order valence-corrected chi connectivity index (χ2v) is 4.87. The Labute approximate surface area is 95.7 Å². The third-order valence-corrected chi connectivity index (χ3v) is 2.56. The van der Waals surface area contributed by atoms with Gasteiger partial charge in [0, 0.05) is 0 Å². The molecule has 0 aliphatic heterocycles. The predicted octanol–water partition coefficient (Wildman–Crippen LogP) is 2.61. The Kier molecular flexibility index (Phi) is 4.07. The molecular weight excluding hydrogens is 204 g/mol. The summed E-state index contributed by atoms with van der Waals surface area (Å²) in [5.41, 5.74) is 0.433. The lowest BCUT2D eigenvalue weighted by Gasteiger charge is -2.25. The lowest BCUT2D eigenvalue weighted by Crippen LogP contribution is -2.20. The van der Waals surface area contributed by atoms with Gasteiger partial charge in [-0.2, -0.15) is 0 Å². The van der Waals surface area contributed by atoms with Crippen LogP contribution < -0.4 is 0 Å². The molecule has 88 valence electrons. The van der Waals surface area contributed by atoms with Crippen molar-refractivity contribution in [3.63, 3.8) is 0 Å². The van der Waals surface area contributed by atoms with Gasteiger partial charge in [-0.3, -0.25) is 4.79 Å². The van der Waals surface area contributed by atoms with Gasteiger partial charge in [-0.05, 0) is 17.4 Å². The van der Waals surface area contributed by atoms with Gasteiger partial charge in [0.2, 0.25) is 0 Å². The molecule has 0 saturated heterocycles. The molecule has 3 nitrogen and oxygen atoms in total. The van der Waals surface area contributed by atoms with Crippen LogP contribution >= 0.6 is 0 Å². The monoisotopic (exact) mass is 222 g/mol. The second-order valence-electron chi connectivity index (χ2n) is 4.87. The van der Waals surface area contributed by atoms with Gasteiger partial charge in [0.25, 0.3) is 0 Å². The van der Waals surface area contributed by atoms with Gasteiger partial charge in [0.1, 0.15) is 0 Å². The van der Waals surface area contributed by atoms with E-state index in [2.05, 4.69) is 0 Å². The Bertz CT molecular complexity index is 343. The number of carboxylic acids is 1. The molecule has 1 atom stereocenters. The Balaban J connectivity index is 2.64. The maximum absolute atomic E-state index is 10.7. The molecule has 16 heavy (non-hydrogen) atoms. The average Bonchev–Trinajstić information content (AvgIpc) is 2.16. The van der Waals surface area contributed by atoms with Crippen molar-refractivity contribution in [2.75, 3.05) is 0 Å². The molecule has 1 aromatic carbocycles. The van der Waals surface area contributed by atoms with Crippen molar-refractivity contribution in [2.45, 2.75) is 32.8 Å². The van der Waals surface area contributed by atoms with E-state index in [-0.39, 0.29) is 6.42 Å². The molecule has 0 aliphatic carbocycles. The summed E-state index contributed by atoms with van der Waals surface area (Å²) in [7, 11) is 0. The van der Waals surface area contributed by atoms with E-state index in [0.29, 0.717) is 6.42 Å². The number of hydrogen-bond acceptors (Lipinski definition) is 2. The van der Waals surface area contributed by atoms with Gasteiger partial charge in [-0.15, -0.1) is 0 Å². The molecule has 0 aromatic heterocycles. The number of rotatable bonds is 5. The maximum Gasteiger partial charge on any atom is 0.303 e. The molecule has 0 aliphatic rings. The van der Waals surface area contributed by atoms with Crippen LogP contribution in [0.15, 0.2) is 30.3 Å². The van der Waals surface area contributed by atoms with E-state index in [0.717, 1.165) is 5.56 Å². The molecule has 0 spiro atoms. The molecule has 0 amide bonds. The topological polar surface area (TPSA) is 57.5 Å². The molecule has 0 saturated carbocycles. The number of carboxylic acid groups (broad SMARTS) is 1. The van der Waals surface area contributed by atoms with Crippen molar-refractivity contribution in [2.24, 2.45) is 5.41 Å². The predicted molar refractivity (Wildman–Crippen MR) is 62.1 cm³/mol. The first-order valence-corrected chi connectivity index (χ1v) is 5.35. The van der Waals surface area contributed by atoms with Crippen LogP contribution in [0.1, 0.15) is 38.4 Å². The van der Waals surface area contributed by atoms with Crippen molar-refractivity contribution in [1.29, 1.82) is 0 Å². The highest BCUT2D eigenvalue weighted by molar-refractivity contribution is 5.67. The quantitative estimate of drug-likeness (QED) is 0.805. The van der Waals surface area contributed by atoms with Gasteiger partial charge in [-0.1, -0.05) is 44.2 Å². The number of aliphatic hydroxyl groups is 1. The van der Waals surface area contributed by atoms with E-state index >= 15 is 0 Å². The summed E-state index contributed by atoms with van der Waals surface area (Å²) in [5.74, 6) is -0.828. The molecule has 0 heterocycles. The molecule has 1 unspecified atom stereocenters. The molecule has 0 bridgehead atoms. The summed E-state index contributed by atoms with van der Waals surface area (Å²) >= 11 is 0. The zero-order valence-corrected chi connectivity index (χ0v) is 9.68.